The first-order valence-electron chi connectivity index (χ1n) is 7.74. The average molecular weight is 333 g/mol. The van der Waals surface area contributed by atoms with Crippen LogP contribution in [-0.2, 0) is 10.2 Å². The highest BCUT2D eigenvalue weighted by Crippen LogP contribution is 2.24. The van der Waals surface area contributed by atoms with Gasteiger partial charge in [-0.05, 0) is 35.2 Å². The second kappa shape index (κ2) is 7.43. The molecule has 0 aromatic heterocycles. The Morgan fingerprint density at radius 3 is 2.38 bits per heavy atom. The van der Waals surface area contributed by atoms with Crippen molar-refractivity contribution in [3.63, 3.8) is 0 Å². The summed E-state index contributed by atoms with van der Waals surface area (Å²) in [5.74, 6) is -1.07. The zero-order chi connectivity index (χ0) is 17.7. The van der Waals surface area contributed by atoms with Gasteiger partial charge >= 0.3 is 0 Å². The molecule has 128 valence electrons. The summed E-state index contributed by atoms with van der Waals surface area (Å²) in [5.41, 5.74) is 1.08. The monoisotopic (exact) mass is 333 g/mol. The molecule has 0 aliphatic rings. The summed E-state index contributed by atoms with van der Waals surface area (Å²) in [6, 6.07) is 10.6. The molecule has 0 saturated heterocycles. The van der Waals surface area contributed by atoms with Crippen LogP contribution in [-0.4, -0.2) is 12.5 Å². The van der Waals surface area contributed by atoms with E-state index < -0.39 is 17.5 Å². The van der Waals surface area contributed by atoms with Crippen molar-refractivity contribution in [2.75, 3.05) is 11.9 Å². The second-order valence-corrected chi connectivity index (χ2v) is 6.55. The molecule has 0 atom stereocenters. The molecule has 0 spiro atoms. The highest BCUT2D eigenvalue weighted by Gasteiger charge is 2.13. The Balaban J connectivity index is 1.83. The van der Waals surface area contributed by atoms with Gasteiger partial charge < -0.3 is 10.1 Å². The molecule has 3 nitrogen and oxygen atoms in total. The lowest BCUT2D eigenvalue weighted by molar-refractivity contribution is -0.116. The zero-order valence-corrected chi connectivity index (χ0v) is 14.0. The van der Waals surface area contributed by atoms with Gasteiger partial charge in [0, 0.05) is 6.07 Å². The van der Waals surface area contributed by atoms with Gasteiger partial charge in [0.05, 0.1) is 18.7 Å². The summed E-state index contributed by atoms with van der Waals surface area (Å²) >= 11 is 0. The van der Waals surface area contributed by atoms with Crippen molar-refractivity contribution in [1.29, 1.82) is 0 Å². The molecule has 24 heavy (non-hydrogen) atoms. The molecule has 0 saturated carbocycles. The summed E-state index contributed by atoms with van der Waals surface area (Å²) in [6.07, 6.45) is 0.0387. The first-order valence-corrected chi connectivity index (χ1v) is 7.74. The Hall–Kier alpha value is -2.43. The number of nitrogens with one attached hydrogen (secondary N) is 1. The van der Waals surface area contributed by atoms with Gasteiger partial charge in [0.25, 0.3) is 0 Å². The second-order valence-electron chi connectivity index (χ2n) is 6.55. The minimum absolute atomic E-state index is 0.0387. The Bertz CT molecular complexity index is 706. The summed E-state index contributed by atoms with van der Waals surface area (Å²) in [4.78, 5) is 11.8. The quantitative estimate of drug-likeness (QED) is 0.863. The van der Waals surface area contributed by atoms with Crippen LogP contribution in [0.2, 0.25) is 0 Å². The molecule has 2 aromatic rings. The van der Waals surface area contributed by atoms with E-state index >= 15 is 0 Å². The van der Waals surface area contributed by atoms with E-state index in [1.54, 1.807) is 0 Å². The zero-order valence-electron chi connectivity index (χ0n) is 14.0. The van der Waals surface area contributed by atoms with Gasteiger partial charge in [-0.3, -0.25) is 4.79 Å². The number of ether oxygens (including phenoxy) is 1. The fourth-order valence-electron chi connectivity index (χ4n) is 2.12. The van der Waals surface area contributed by atoms with Crippen LogP contribution in [0.3, 0.4) is 0 Å². The first kappa shape index (κ1) is 17.9. The van der Waals surface area contributed by atoms with Crippen LogP contribution in [0.4, 0.5) is 14.5 Å². The Kier molecular flexibility index (Phi) is 5.54. The van der Waals surface area contributed by atoms with Crippen molar-refractivity contribution >= 4 is 11.6 Å². The molecular weight excluding hydrogens is 312 g/mol. The van der Waals surface area contributed by atoms with Crippen molar-refractivity contribution < 1.29 is 18.3 Å². The maximum atomic E-state index is 13.4. The highest BCUT2D eigenvalue weighted by atomic mass is 19.1. The van der Waals surface area contributed by atoms with Crippen molar-refractivity contribution in [2.24, 2.45) is 0 Å². The predicted molar refractivity (Wildman–Crippen MR) is 90.2 cm³/mol. The molecule has 1 N–H and O–H groups in total. The van der Waals surface area contributed by atoms with Crippen LogP contribution in [0.15, 0.2) is 42.5 Å². The van der Waals surface area contributed by atoms with Crippen molar-refractivity contribution in [2.45, 2.75) is 32.6 Å². The molecule has 0 fully saturated rings. The van der Waals surface area contributed by atoms with Gasteiger partial charge in [0.1, 0.15) is 17.4 Å². The van der Waals surface area contributed by atoms with Crippen LogP contribution in [0.5, 0.6) is 5.75 Å². The van der Waals surface area contributed by atoms with Crippen LogP contribution >= 0.6 is 0 Å². The highest BCUT2D eigenvalue weighted by molar-refractivity contribution is 5.90. The van der Waals surface area contributed by atoms with Crippen molar-refractivity contribution in [1.82, 2.24) is 0 Å². The van der Waals surface area contributed by atoms with E-state index in [0.29, 0.717) is 5.75 Å². The Morgan fingerprint density at radius 2 is 1.75 bits per heavy atom. The summed E-state index contributed by atoms with van der Waals surface area (Å²) in [7, 11) is 0. The number of carbonyl (C=O) groups is 1. The largest absolute Gasteiger partial charge is 0.493 e. The van der Waals surface area contributed by atoms with Crippen LogP contribution in [0.25, 0.3) is 0 Å². The van der Waals surface area contributed by atoms with E-state index in [1.807, 2.05) is 24.3 Å². The Labute approximate surface area is 140 Å². The molecule has 2 aromatic carbocycles. The average Bonchev–Trinajstić information content (AvgIpc) is 2.50. The lowest BCUT2D eigenvalue weighted by Crippen LogP contribution is -2.16. The summed E-state index contributed by atoms with van der Waals surface area (Å²) in [5, 5.41) is 2.33. The van der Waals surface area contributed by atoms with Crippen molar-refractivity contribution in [3.05, 3.63) is 59.7 Å². The smallest absolute Gasteiger partial charge is 0.227 e. The minimum Gasteiger partial charge on any atom is -0.493 e. The minimum atomic E-state index is -0.677. The lowest BCUT2D eigenvalue weighted by atomic mass is 9.87. The molecule has 5 heteroatoms. The number of rotatable bonds is 5. The number of amides is 1. The van der Waals surface area contributed by atoms with Gasteiger partial charge in [0.15, 0.2) is 0 Å². The van der Waals surface area contributed by atoms with E-state index in [0.717, 1.165) is 18.2 Å². The number of halogens is 2. The topological polar surface area (TPSA) is 38.3 Å². The van der Waals surface area contributed by atoms with Gasteiger partial charge in [-0.25, -0.2) is 8.78 Å². The fraction of sp³-hybridized carbons (Fsp3) is 0.316. The summed E-state index contributed by atoms with van der Waals surface area (Å²) < 4.78 is 32.0. The number of anilines is 1. The maximum Gasteiger partial charge on any atom is 0.227 e. The Morgan fingerprint density at radius 1 is 1.08 bits per heavy atom. The molecule has 0 bridgehead atoms. The molecular formula is C19H21F2NO2. The third-order valence-corrected chi connectivity index (χ3v) is 3.52. The van der Waals surface area contributed by atoms with E-state index in [2.05, 4.69) is 26.1 Å². The van der Waals surface area contributed by atoms with Gasteiger partial charge in [-0.2, -0.15) is 0 Å². The van der Waals surface area contributed by atoms with Gasteiger partial charge in [-0.1, -0.05) is 32.9 Å². The lowest BCUT2D eigenvalue weighted by Gasteiger charge is -2.19. The first-order chi connectivity index (χ1) is 11.3. The molecule has 2 rings (SSSR count). The molecule has 0 aliphatic heterocycles. The molecule has 0 aliphatic carbocycles. The fourth-order valence-corrected chi connectivity index (χ4v) is 2.12. The van der Waals surface area contributed by atoms with Crippen LogP contribution < -0.4 is 10.1 Å². The molecule has 0 heterocycles. The van der Waals surface area contributed by atoms with Gasteiger partial charge in [0.2, 0.25) is 5.91 Å². The van der Waals surface area contributed by atoms with E-state index in [-0.39, 0.29) is 24.1 Å². The predicted octanol–water partition coefficient (Wildman–Crippen LogP) is 4.67. The van der Waals surface area contributed by atoms with Gasteiger partial charge in [-0.15, -0.1) is 0 Å². The number of hydrogen-bond donors (Lipinski definition) is 1. The molecule has 1 amide bonds. The van der Waals surface area contributed by atoms with E-state index in [1.165, 1.54) is 5.56 Å². The third kappa shape index (κ3) is 5.05. The van der Waals surface area contributed by atoms with E-state index in [9.17, 15) is 13.6 Å². The van der Waals surface area contributed by atoms with Crippen LogP contribution in [0.1, 0.15) is 32.8 Å². The number of hydrogen-bond acceptors (Lipinski definition) is 2. The maximum absolute atomic E-state index is 13.4. The third-order valence-electron chi connectivity index (χ3n) is 3.52. The van der Waals surface area contributed by atoms with E-state index in [4.69, 9.17) is 4.74 Å². The number of benzene rings is 2. The standard InChI is InChI=1S/C19H21F2NO2/c1-19(2,3)13-4-7-15(8-5-13)24-11-10-18(23)22-17-12-14(20)6-9-16(17)21/h4-9,12H,10-11H2,1-3H3,(H,22,23). The van der Waals surface area contributed by atoms with Crippen LogP contribution in [0, 0.1) is 11.6 Å². The summed E-state index contributed by atoms with van der Waals surface area (Å²) in [6.45, 7) is 6.52. The SMILES string of the molecule is CC(C)(C)c1ccc(OCCC(=O)Nc2cc(F)ccc2F)cc1. The molecule has 0 radical (unpaired) electrons. The van der Waals surface area contributed by atoms with Crippen molar-refractivity contribution in [3.8, 4) is 5.75 Å². The normalized spacial score (nSPS) is 11.2. The number of carbonyl (C=O) groups excluding carboxylic acids is 1. The molecule has 0 unspecified atom stereocenters.